The minimum Gasteiger partial charge on any atom is -0.495 e. The first-order valence-corrected chi connectivity index (χ1v) is 7.68. The van der Waals surface area contributed by atoms with E-state index < -0.39 is 0 Å². The van der Waals surface area contributed by atoms with Crippen molar-refractivity contribution in [2.75, 3.05) is 19.5 Å². The summed E-state index contributed by atoms with van der Waals surface area (Å²) >= 11 is 5.98. The molecule has 2 aromatic rings. The van der Waals surface area contributed by atoms with E-state index in [1.165, 1.54) is 0 Å². The van der Waals surface area contributed by atoms with E-state index in [2.05, 4.69) is 5.32 Å². The van der Waals surface area contributed by atoms with Gasteiger partial charge in [0.05, 0.1) is 25.4 Å². The first kappa shape index (κ1) is 17.4. The number of amides is 1. The molecule has 5 nitrogen and oxygen atoms in total. The molecule has 0 bridgehead atoms. The molecule has 1 heterocycles. The monoisotopic (exact) mass is 336 g/mol. The number of aryl methyl sites for hydroxylation is 1. The van der Waals surface area contributed by atoms with Crippen molar-refractivity contribution in [2.45, 2.75) is 26.4 Å². The Morgan fingerprint density at radius 3 is 2.74 bits per heavy atom. The third kappa shape index (κ3) is 4.50. The predicted molar refractivity (Wildman–Crippen MR) is 91.0 cm³/mol. The first-order valence-electron chi connectivity index (χ1n) is 7.30. The van der Waals surface area contributed by atoms with Crippen LogP contribution in [0.25, 0.3) is 0 Å². The van der Waals surface area contributed by atoms with Gasteiger partial charge >= 0.3 is 0 Å². The Bertz CT molecular complexity index is 684. The second-order valence-electron chi connectivity index (χ2n) is 5.44. The van der Waals surface area contributed by atoms with Gasteiger partial charge in [-0.15, -0.1) is 0 Å². The van der Waals surface area contributed by atoms with Crippen LogP contribution in [0.4, 0.5) is 5.69 Å². The van der Waals surface area contributed by atoms with Gasteiger partial charge in [-0.1, -0.05) is 11.6 Å². The van der Waals surface area contributed by atoms with Crippen molar-refractivity contribution in [1.82, 2.24) is 4.90 Å². The van der Waals surface area contributed by atoms with Crippen LogP contribution in [0.3, 0.4) is 0 Å². The number of halogens is 1. The standard InChI is InChI=1S/C17H21ClN2O3/c1-11-5-7-14(23-11)10-20(3)12(2)17(21)19-15-9-13(18)6-8-16(15)22-4/h5-9,12H,10H2,1-4H3,(H,19,21)/t12-/m0/s1. The fourth-order valence-corrected chi connectivity index (χ4v) is 2.34. The van der Waals surface area contributed by atoms with E-state index in [1.807, 2.05) is 37.9 Å². The van der Waals surface area contributed by atoms with Gasteiger partial charge in [-0.2, -0.15) is 0 Å². The van der Waals surface area contributed by atoms with Crippen LogP contribution in [0, 0.1) is 6.92 Å². The number of nitrogens with zero attached hydrogens (tertiary/aromatic N) is 1. The molecule has 0 spiro atoms. The second kappa shape index (κ2) is 7.53. The van der Waals surface area contributed by atoms with Gasteiger partial charge in [-0.3, -0.25) is 9.69 Å². The molecule has 1 amide bonds. The summed E-state index contributed by atoms with van der Waals surface area (Å²) in [6.07, 6.45) is 0. The van der Waals surface area contributed by atoms with E-state index in [0.29, 0.717) is 23.0 Å². The molecular formula is C17H21ClN2O3. The molecule has 1 atom stereocenters. The molecule has 1 aromatic heterocycles. The first-order chi connectivity index (χ1) is 10.9. The molecule has 1 N–H and O–H groups in total. The average Bonchev–Trinajstić information content (AvgIpc) is 2.91. The van der Waals surface area contributed by atoms with Gasteiger partial charge in [-0.25, -0.2) is 0 Å². The Kier molecular flexibility index (Phi) is 5.69. The third-order valence-corrected chi connectivity index (χ3v) is 3.90. The summed E-state index contributed by atoms with van der Waals surface area (Å²) in [5, 5.41) is 3.39. The molecule has 124 valence electrons. The number of likely N-dealkylation sites (N-methyl/N-ethyl adjacent to an activating group) is 1. The zero-order valence-electron chi connectivity index (χ0n) is 13.7. The molecule has 0 fully saturated rings. The SMILES string of the molecule is COc1ccc(Cl)cc1NC(=O)[C@H](C)N(C)Cc1ccc(C)o1. The van der Waals surface area contributed by atoms with Gasteiger partial charge in [0.15, 0.2) is 0 Å². The molecule has 1 aromatic carbocycles. The van der Waals surface area contributed by atoms with E-state index in [1.54, 1.807) is 25.3 Å². The van der Waals surface area contributed by atoms with Crippen LogP contribution in [-0.2, 0) is 11.3 Å². The molecule has 6 heteroatoms. The van der Waals surface area contributed by atoms with Crippen molar-refractivity contribution < 1.29 is 13.9 Å². The van der Waals surface area contributed by atoms with Crippen molar-refractivity contribution in [1.29, 1.82) is 0 Å². The summed E-state index contributed by atoms with van der Waals surface area (Å²) in [5.74, 6) is 2.11. The highest BCUT2D eigenvalue weighted by atomic mass is 35.5. The Balaban J connectivity index is 2.03. The number of hydrogen-bond donors (Lipinski definition) is 1. The van der Waals surface area contributed by atoms with Crippen molar-refractivity contribution >= 4 is 23.2 Å². The van der Waals surface area contributed by atoms with E-state index in [4.69, 9.17) is 20.8 Å². The number of rotatable bonds is 6. The van der Waals surface area contributed by atoms with Gasteiger partial charge in [-0.05, 0) is 51.2 Å². The lowest BCUT2D eigenvalue weighted by atomic mass is 10.2. The van der Waals surface area contributed by atoms with E-state index in [0.717, 1.165) is 11.5 Å². The largest absolute Gasteiger partial charge is 0.495 e. The average molecular weight is 337 g/mol. The van der Waals surface area contributed by atoms with Gasteiger partial charge in [0, 0.05) is 5.02 Å². The number of ether oxygens (including phenoxy) is 1. The lowest BCUT2D eigenvalue weighted by molar-refractivity contribution is -0.120. The normalized spacial score (nSPS) is 12.3. The molecule has 0 unspecified atom stereocenters. The van der Waals surface area contributed by atoms with Crippen molar-refractivity contribution in [3.05, 3.63) is 46.9 Å². The zero-order valence-corrected chi connectivity index (χ0v) is 14.5. The Morgan fingerprint density at radius 2 is 2.13 bits per heavy atom. The van der Waals surface area contributed by atoms with E-state index in [-0.39, 0.29) is 11.9 Å². The molecule has 0 saturated heterocycles. The van der Waals surface area contributed by atoms with Gasteiger partial charge in [0.2, 0.25) is 5.91 Å². The fraction of sp³-hybridized carbons (Fsp3) is 0.353. The second-order valence-corrected chi connectivity index (χ2v) is 5.87. The number of hydrogen-bond acceptors (Lipinski definition) is 4. The lowest BCUT2D eigenvalue weighted by Crippen LogP contribution is -2.39. The van der Waals surface area contributed by atoms with E-state index >= 15 is 0 Å². The lowest BCUT2D eigenvalue weighted by Gasteiger charge is -2.23. The van der Waals surface area contributed by atoms with Crippen LogP contribution in [0.1, 0.15) is 18.4 Å². The summed E-state index contributed by atoms with van der Waals surface area (Å²) in [6, 6.07) is 8.58. The molecule has 0 aliphatic heterocycles. The van der Waals surface area contributed by atoms with Crippen LogP contribution in [0.5, 0.6) is 5.75 Å². The molecule has 23 heavy (non-hydrogen) atoms. The number of benzene rings is 1. The maximum Gasteiger partial charge on any atom is 0.241 e. The van der Waals surface area contributed by atoms with Crippen LogP contribution in [0.15, 0.2) is 34.7 Å². The quantitative estimate of drug-likeness (QED) is 0.873. The van der Waals surface area contributed by atoms with Crippen molar-refractivity contribution in [3.8, 4) is 5.75 Å². The van der Waals surface area contributed by atoms with Gasteiger partial charge in [0.25, 0.3) is 0 Å². The van der Waals surface area contributed by atoms with Crippen LogP contribution in [0.2, 0.25) is 5.02 Å². The van der Waals surface area contributed by atoms with Crippen LogP contribution in [-0.4, -0.2) is 31.0 Å². The zero-order chi connectivity index (χ0) is 17.0. The van der Waals surface area contributed by atoms with E-state index in [9.17, 15) is 4.79 Å². The summed E-state index contributed by atoms with van der Waals surface area (Å²) in [6.45, 7) is 4.28. The number of furan rings is 1. The third-order valence-electron chi connectivity index (χ3n) is 3.66. The Labute approximate surface area is 141 Å². The van der Waals surface area contributed by atoms with Crippen LogP contribution < -0.4 is 10.1 Å². The maximum absolute atomic E-state index is 12.4. The molecule has 0 aliphatic carbocycles. The Morgan fingerprint density at radius 1 is 1.39 bits per heavy atom. The summed E-state index contributed by atoms with van der Waals surface area (Å²) in [4.78, 5) is 14.4. The van der Waals surface area contributed by atoms with Crippen molar-refractivity contribution in [2.24, 2.45) is 0 Å². The smallest absolute Gasteiger partial charge is 0.241 e. The topological polar surface area (TPSA) is 54.7 Å². The fourth-order valence-electron chi connectivity index (χ4n) is 2.17. The number of anilines is 1. The molecule has 2 rings (SSSR count). The number of nitrogens with one attached hydrogen (secondary N) is 1. The predicted octanol–water partition coefficient (Wildman–Crippen LogP) is 3.71. The minimum absolute atomic E-state index is 0.142. The molecule has 0 saturated carbocycles. The highest BCUT2D eigenvalue weighted by molar-refractivity contribution is 6.31. The van der Waals surface area contributed by atoms with Crippen LogP contribution >= 0.6 is 11.6 Å². The molecular weight excluding hydrogens is 316 g/mol. The number of methoxy groups -OCH3 is 1. The number of carbonyl (C=O) groups excluding carboxylic acids is 1. The number of carbonyl (C=O) groups is 1. The summed E-state index contributed by atoms with van der Waals surface area (Å²) < 4.78 is 10.8. The molecule has 0 aliphatic rings. The Hall–Kier alpha value is -1.98. The highest BCUT2D eigenvalue weighted by Crippen LogP contribution is 2.28. The molecule has 0 radical (unpaired) electrons. The summed E-state index contributed by atoms with van der Waals surface area (Å²) in [7, 11) is 3.42. The minimum atomic E-state index is -0.343. The summed E-state index contributed by atoms with van der Waals surface area (Å²) in [5.41, 5.74) is 0.555. The maximum atomic E-state index is 12.4. The highest BCUT2D eigenvalue weighted by Gasteiger charge is 2.20. The van der Waals surface area contributed by atoms with Gasteiger partial charge in [0.1, 0.15) is 17.3 Å². The van der Waals surface area contributed by atoms with Gasteiger partial charge < -0.3 is 14.5 Å². The van der Waals surface area contributed by atoms with Crippen molar-refractivity contribution in [3.63, 3.8) is 0 Å².